The number of nitrogens with one attached hydrogen (secondary N) is 1. The van der Waals surface area contributed by atoms with Gasteiger partial charge in [0.2, 0.25) is 11.8 Å². The molecule has 0 fully saturated rings. The predicted octanol–water partition coefficient (Wildman–Crippen LogP) is 2.05. The number of carbonyl (C=O) groups is 1. The number of imidazole rings is 1. The van der Waals surface area contributed by atoms with E-state index < -0.39 is 0 Å². The highest BCUT2D eigenvalue weighted by molar-refractivity contribution is 6.04. The number of aryl methyl sites for hydroxylation is 4. The third-order valence-corrected chi connectivity index (χ3v) is 5.71. The minimum Gasteiger partial charge on any atom is -0.477 e. The van der Waals surface area contributed by atoms with Crippen LogP contribution < -0.4 is 15.6 Å². The van der Waals surface area contributed by atoms with E-state index in [1.807, 2.05) is 14.0 Å². The van der Waals surface area contributed by atoms with Gasteiger partial charge in [-0.2, -0.15) is 10.2 Å². The first kappa shape index (κ1) is 20.9. The van der Waals surface area contributed by atoms with Crippen molar-refractivity contribution in [2.75, 3.05) is 11.9 Å². The Morgan fingerprint density at radius 2 is 1.82 bits per heavy atom. The van der Waals surface area contributed by atoms with Gasteiger partial charge in [-0.3, -0.25) is 19.9 Å². The molecule has 0 atom stereocenters. The molecule has 4 aromatic heterocycles. The summed E-state index contributed by atoms with van der Waals surface area (Å²) in [5, 5.41) is 11.3. The average molecular weight is 448 g/mol. The molecule has 5 rings (SSSR count). The summed E-state index contributed by atoms with van der Waals surface area (Å²) >= 11 is 0. The van der Waals surface area contributed by atoms with Gasteiger partial charge in [0.25, 0.3) is 11.5 Å². The van der Waals surface area contributed by atoms with E-state index in [0.717, 1.165) is 24.8 Å². The first-order valence-corrected chi connectivity index (χ1v) is 10.8. The first-order valence-electron chi connectivity index (χ1n) is 10.8. The lowest BCUT2D eigenvalue weighted by Crippen LogP contribution is -2.22. The topological polar surface area (TPSA) is 122 Å². The highest BCUT2D eigenvalue weighted by Gasteiger charge is 2.20. The van der Waals surface area contributed by atoms with Crippen LogP contribution in [0, 0.1) is 6.92 Å². The highest BCUT2D eigenvalue weighted by Crippen LogP contribution is 2.30. The molecule has 11 nitrogen and oxygen atoms in total. The number of ether oxygens (including phenoxy) is 1. The Bertz CT molecular complexity index is 1430. The molecule has 0 aliphatic carbocycles. The van der Waals surface area contributed by atoms with Crippen molar-refractivity contribution in [3.63, 3.8) is 0 Å². The number of nitrogens with zero attached hydrogens (tertiary/aromatic N) is 7. The number of hydrogen-bond donors (Lipinski definition) is 1. The van der Waals surface area contributed by atoms with Gasteiger partial charge in [-0.1, -0.05) is 0 Å². The van der Waals surface area contributed by atoms with Gasteiger partial charge in [0.15, 0.2) is 0 Å². The van der Waals surface area contributed by atoms with Crippen molar-refractivity contribution in [3.8, 4) is 17.1 Å². The summed E-state index contributed by atoms with van der Waals surface area (Å²) in [6.07, 6.45) is 5.71. The minimum absolute atomic E-state index is 0.258. The Kier molecular flexibility index (Phi) is 5.15. The zero-order valence-corrected chi connectivity index (χ0v) is 18.7. The fourth-order valence-electron chi connectivity index (χ4n) is 4.05. The second-order valence-electron chi connectivity index (χ2n) is 8.13. The summed E-state index contributed by atoms with van der Waals surface area (Å²) in [4.78, 5) is 35.1. The molecular formula is C22H24N8O3. The van der Waals surface area contributed by atoms with Crippen LogP contribution in [0.3, 0.4) is 0 Å². The second kappa shape index (κ2) is 8.15. The minimum atomic E-state index is -0.343. The molecule has 0 aromatic carbocycles. The number of rotatable bonds is 0. The Morgan fingerprint density at radius 3 is 2.67 bits per heavy atom. The van der Waals surface area contributed by atoms with Crippen LogP contribution in [0.1, 0.15) is 35.3 Å². The number of pyridine rings is 1. The molecular weight excluding hydrogens is 424 g/mol. The van der Waals surface area contributed by atoms with E-state index in [0.29, 0.717) is 53.0 Å². The molecule has 2 bridgehead atoms. The van der Waals surface area contributed by atoms with Gasteiger partial charge in [-0.15, -0.1) is 0 Å². The van der Waals surface area contributed by atoms with E-state index in [1.165, 1.54) is 10.9 Å². The number of aromatic nitrogens is 7. The second-order valence-corrected chi connectivity index (χ2v) is 8.13. The van der Waals surface area contributed by atoms with Crippen LogP contribution in [-0.4, -0.2) is 46.6 Å². The van der Waals surface area contributed by atoms with E-state index in [4.69, 9.17) is 4.74 Å². The fraction of sp³-hybridized carbons (Fsp3) is 0.364. The molecule has 1 aliphatic heterocycles. The van der Waals surface area contributed by atoms with E-state index in [9.17, 15) is 9.59 Å². The molecule has 11 heteroatoms. The highest BCUT2D eigenvalue weighted by atomic mass is 16.5. The number of anilines is 1. The molecule has 170 valence electrons. The molecule has 0 spiro atoms. The molecule has 5 heterocycles. The predicted molar refractivity (Wildman–Crippen MR) is 121 cm³/mol. The molecule has 0 saturated carbocycles. The lowest BCUT2D eigenvalue weighted by atomic mass is 10.1. The van der Waals surface area contributed by atoms with Crippen LogP contribution >= 0.6 is 0 Å². The van der Waals surface area contributed by atoms with Gasteiger partial charge in [-0.05, 0) is 38.3 Å². The number of amides is 1. The van der Waals surface area contributed by atoms with Crippen LogP contribution in [-0.2, 0) is 20.6 Å². The summed E-state index contributed by atoms with van der Waals surface area (Å²) in [7, 11) is 3.41. The smallest absolute Gasteiger partial charge is 0.292 e. The van der Waals surface area contributed by atoms with Gasteiger partial charge >= 0.3 is 0 Å². The maximum absolute atomic E-state index is 13.2. The number of carbonyl (C=O) groups excluding carboxylic acids is 1. The first-order chi connectivity index (χ1) is 15.9. The monoisotopic (exact) mass is 448 g/mol. The zero-order valence-electron chi connectivity index (χ0n) is 18.7. The third-order valence-electron chi connectivity index (χ3n) is 5.71. The molecule has 4 aromatic rings. The van der Waals surface area contributed by atoms with Crippen LogP contribution in [0.15, 0.2) is 29.3 Å². The van der Waals surface area contributed by atoms with Crippen molar-refractivity contribution >= 4 is 22.9 Å². The van der Waals surface area contributed by atoms with Crippen LogP contribution in [0.25, 0.3) is 22.3 Å². The Labute approximate surface area is 189 Å². The lowest BCUT2D eigenvalue weighted by molar-refractivity contribution is 0.102. The van der Waals surface area contributed by atoms with E-state index in [-0.39, 0.29) is 11.5 Å². The molecule has 1 amide bonds. The van der Waals surface area contributed by atoms with Crippen molar-refractivity contribution in [2.45, 2.75) is 32.7 Å². The maximum atomic E-state index is 13.2. The fourth-order valence-corrected chi connectivity index (χ4v) is 4.05. The Hall–Kier alpha value is -4.02. The lowest BCUT2D eigenvalue weighted by Gasteiger charge is -2.10. The van der Waals surface area contributed by atoms with Gasteiger partial charge in [-0.25, -0.2) is 14.3 Å². The standard InChI is InChI=1S/C22H24N8O3/c1-13-9-14-10-16(25-13)15-11-23-29(3)21(15)33-8-6-4-5-7-30-18-17(12-24-28(2)20(18)32)26-22(30)27-19(14)31/h9-12H,4-8H2,1-3H3,(H,26,27,31). The Balaban J connectivity index is 1.63. The average Bonchev–Trinajstić information content (AvgIpc) is 3.32. The van der Waals surface area contributed by atoms with Gasteiger partial charge in [0.1, 0.15) is 11.0 Å². The SMILES string of the molecule is Cc1cc2cc(n1)-c1cnn(C)c1OCCCCCn1c(nc3cnn(C)c(=O)c31)NC2=O. The molecule has 0 unspecified atom stereocenters. The normalized spacial score (nSPS) is 14.6. The molecule has 1 aliphatic rings. The number of fused-ring (bicyclic) bond motifs is 7. The van der Waals surface area contributed by atoms with Gasteiger partial charge in [0.05, 0.1) is 30.3 Å². The summed E-state index contributed by atoms with van der Waals surface area (Å²) in [5.74, 6) is 0.595. The summed E-state index contributed by atoms with van der Waals surface area (Å²) in [5.41, 5.74) is 3.05. The van der Waals surface area contributed by atoms with Crippen molar-refractivity contribution in [1.29, 1.82) is 0 Å². The van der Waals surface area contributed by atoms with Crippen LogP contribution in [0.4, 0.5) is 5.95 Å². The van der Waals surface area contributed by atoms with Gasteiger partial charge < -0.3 is 9.30 Å². The molecule has 1 N–H and O–H groups in total. The number of hydrogen-bond acceptors (Lipinski definition) is 7. The van der Waals surface area contributed by atoms with Crippen LogP contribution in [0.5, 0.6) is 5.88 Å². The summed E-state index contributed by atoms with van der Waals surface area (Å²) in [6, 6.07) is 3.42. The molecule has 0 radical (unpaired) electrons. The van der Waals surface area contributed by atoms with E-state index >= 15 is 0 Å². The van der Waals surface area contributed by atoms with Crippen LogP contribution in [0.2, 0.25) is 0 Å². The summed E-state index contributed by atoms with van der Waals surface area (Å²) in [6.45, 7) is 2.88. The van der Waals surface area contributed by atoms with E-state index in [1.54, 1.807) is 34.6 Å². The Morgan fingerprint density at radius 1 is 1.00 bits per heavy atom. The van der Waals surface area contributed by atoms with Crippen molar-refractivity contribution < 1.29 is 9.53 Å². The third kappa shape index (κ3) is 3.75. The van der Waals surface area contributed by atoms with Crippen molar-refractivity contribution in [1.82, 2.24) is 34.1 Å². The zero-order chi connectivity index (χ0) is 23.1. The molecule has 0 saturated heterocycles. The largest absolute Gasteiger partial charge is 0.477 e. The van der Waals surface area contributed by atoms with Gasteiger partial charge in [0, 0.05) is 31.9 Å². The maximum Gasteiger partial charge on any atom is 0.292 e. The summed E-state index contributed by atoms with van der Waals surface area (Å²) < 4.78 is 10.7. The molecule has 33 heavy (non-hydrogen) atoms. The van der Waals surface area contributed by atoms with Crippen molar-refractivity contribution in [2.24, 2.45) is 14.1 Å². The quantitative estimate of drug-likeness (QED) is 0.437. The van der Waals surface area contributed by atoms with Crippen molar-refractivity contribution in [3.05, 3.63) is 46.1 Å². The van der Waals surface area contributed by atoms with E-state index in [2.05, 4.69) is 25.5 Å².